The minimum atomic E-state index is -4.51. The molecule has 4 nitrogen and oxygen atoms in total. The van der Waals surface area contributed by atoms with E-state index in [9.17, 15) is 18.0 Å². The summed E-state index contributed by atoms with van der Waals surface area (Å²) in [5.74, 6) is 0. The molecule has 104 valence electrons. The summed E-state index contributed by atoms with van der Waals surface area (Å²) in [5, 5.41) is 4.54. The molecule has 0 atom stereocenters. The Hall–Kier alpha value is -2.02. The third-order valence-electron chi connectivity index (χ3n) is 2.16. The summed E-state index contributed by atoms with van der Waals surface area (Å²) >= 11 is 0. The first kappa shape index (κ1) is 15.0. The zero-order valence-corrected chi connectivity index (χ0v) is 10.00. The number of nitrogens with one attached hydrogen (secondary N) is 2. The average Bonchev–Trinajstić information content (AvgIpc) is 2.34. The number of rotatable bonds is 4. The van der Waals surface area contributed by atoms with Crippen LogP contribution in [0.4, 0.5) is 23.7 Å². The van der Waals surface area contributed by atoms with Crippen molar-refractivity contribution in [1.29, 1.82) is 0 Å². The van der Waals surface area contributed by atoms with Crippen LogP contribution in [0.1, 0.15) is 5.56 Å². The lowest BCUT2D eigenvalue weighted by atomic mass is 10.1. The van der Waals surface area contributed by atoms with Gasteiger partial charge in [-0.05, 0) is 12.1 Å². The number of urea groups is 1. The molecular formula is C12H14F3N3O. The van der Waals surface area contributed by atoms with Gasteiger partial charge >= 0.3 is 12.2 Å². The molecule has 0 aromatic heterocycles. The van der Waals surface area contributed by atoms with E-state index in [0.29, 0.717) is 6.54 Å². The zero-order chi connectivity index (χ0) is 14.3. The Bertz CT molecular complexity index is 458. The van der Waals surface area contributed by atoms with Gasteiger partial charge in [0.15, 0.2) is 0 Å². The summed E-state index contributed by atoms with van der Waals surface area (Å²) in [6, 6.07) is 4.07. The second-order valence-electron chi connectivity index (χ2n) is 3.59. The summed E-state index contributed by atoms with van der Waals surface area (Å²) in [6.45, 7) is 0.525. The van der Waals surface area contributed by atoms with Gasteiger partial charge in [-0.25, -0.2) is 4.79 Å². The molecule has 4 N–H and O–H groups in total. The lowest BCUT2D eigenvalue weighted by molar-refractivity contribution is -0.136. The van der Waals surface area contributed by atoms with Gasteiger partial charge in [-0.2, -0.15) is 13.2 Å². The van der Waals surface area contributed by atoms with Crippen molar-refractivity contribution in [3.63, 3.8) is 0 Å². The van der Waals surface area contributed by atoms with Crippen molar-refractivity contribution in [2.24, 2.45) is 5.73 Å². The smallest absolute Gasteiger partial charge is 0.334 e. The molecule has 0 aliphatic rings. The number of alkyl halides is 3. The topological polar surface area (TPSA) is 67.1 Å². The molecule has 0 saturated carbocycles. The van der Waals surface area contributed by atoms with Crippen LogP contribution in [0.5, 0.6) is 0 Å². The fourth-order valence-corrected chi connectivity index (χ4v) is 1.34. The number of halogens is 3. The molecule has 0 spiro atoms. The maximum atomic E-state index is 12.7. The fraction of sp³-hybridized carbons (Fsp3) is 0.250. The number of nitrogens with two attached hydrogens (primary N) is 1. The minimum Gasteiger partial charge on any atom is -0.334 e. The third-order valence-corrected chi connectivity index (χ3v) is 2.16. The molecule has 7 heteroatoms. The minimum absolute atomic E-state index is 0.192. The van der Waals surface area contributed by atoms with Crippen molar-refractivity contribution in [2.75, 3.05) is 18.4 Å². The number of carbonyl (C=O) groups is 1. The Balaban J connectivity index is 2.67. The highest BCUT2D eigenvalue weighted by Gasteiger charge is 2.33. The van der Waals surface area contributed by atoms with E-state index < -0.39 is 17.8 Å². The molecule has 0 unspecified atom stereocenters. The molecule has 1 aromatic carbocycles. The van der Waals surface area contributed by atoms with Crippen LogP contribution in [0.2, 0.25) is 0 Å². The molecule has 0 saturated heterocycles. The van der Waals surface area contributed by atoms with Gasteiger partial charge in [0.05, 0.1) is 11.3 Å². The summed E-state index contributed by atoms with van der Waals surface area (Å²) in [7, 11) is 0. The normalized spacial score (nSPS) is 11.6. The van der Waals surface area contributed by atoms with Gasteiger partial charge < -0.3 is 16.4 Å². The molecule has 1 aromatic rings. The van der Waals surface area contributed by atoms with Crippen LogP contribution in [0.25, 0.3) is 0 Å². The number of hydrogen-bond acceptors (Lipinski definition) is 2. The van der Waals surface area contributed by atoms with Gasteiger partial charge in [0.25, 0.3) is 0 Å². The van der Waals surface area contributed by atoms with E-state index in [1.807, 2.05) is 0 Å². The van der Waals surface area contributed by atoms with Crippen LogP contribution in [-0.4, -0.2) is 19.1 Å². The van der Waals surface area contributed by atoms with Crippen molar-refractivity contribution in [3.8, 4) is 0 Å². The summed E-state index contributed by atoms with van der Waals surface area (Å²) < 4.78 is 38.0. The summed E-state index contributed by atoms with van der Waals surface area (Å²) in [5.41, 5.74) is 4.03. The van der Waals surface area contributed by atoms with Crippen LogP contribution in [0.3, 0.4) is 0 Å². The number of amides is 2. The quantitative estimate of drug-likeness (QED) is 0.737. The standard InChI is InChI=1S/C12H14F3N3O/c13-12(14,15)9-5-1-2-6-10(9)18-11(19)17-8-4-3-7-16/h1-6H,7-8,16H2,(H2,17,18,19)/b4-3+. The average molecular weight is 273 g/mol. The van der Waals surface area contributed by atoms with Gasteiger partial charge in [0.1, 0.15) is 0 Å². The van der Waals surface area contributed by atoms with E-state index in [1.54, 1.807) is 12.2 Å². The number of para-hydroxylation sites is 1. The highest BCUT2D eigenvalue weighted by molar-refractivity contribution is 5.90. The highest BCUT2D eigenvalue weighted by Crippen LogP contribution is 2.34. The van der Waals surface area contributed by atoms with E-state index in [4.69, 9.17) is 5.73 Å². The van der Waals surface area contributed by atoms with Crippen LogP contribution in [0.15, 0.2) is 36.4 Å². The molecular weight excluding hydrogens is 259 g/mol. The molecule has 0 bridgehead atoms. The fourth-order valence-electron chi connectivity index (χ4n) is 1.34. The Morgan fingerprint density at radius 2 is 1.95 bits per heavy atom. The Labute approximate surface area is 108 Å². The predicted molar refractivity (Wildman–Crippen MR) is 66.7 cm³/mol. The van der Waals surface area contributed by atoms with Crippen LogP contribution in [-0.2, 0) is 6.18 Å². The van der Waals surface area contributed by atoms with E-state index >= 15 is 0 Å². The molecule has 0 radical (unpaired) electrons. The number of benzene rings is 1. The van der Waals surface area contributed by atoms with Crippen LogP contribution in [0, 0.1) is 0 Å². The van der Waals surface area contributed by atoms with Gasteiger partial charge in [0, 0.05) is 13.1 Å². The van der Waals surface area contributed by atoms with Crippen LogP contribution < -0.4 is 16.4 Å². The van der Waals surface area contributed by atoms with E-state index in [2.05, 4.69) is 10.6 Å². The van der Waals surface area contributed by atoms with Gasteiger partial charge in [-0.15, -0.1) is 0 Å². The van der Waals surface area contributed by atoms with Crippen molar-refractivity contribution >= 4 is 11.7 Å². The van der Waals surface area contributed by atoms with Crippen molar-refractivity contribution in [2.45, 2.75) is 6.18 Å². The summed E-state index contributed by atoms with van der Waals surface area (Å²) in [4.78, 5) is 11.4. The Kier molecular flexibility index (Phi) is 5.37. The first-order valence-corrected chi connectivity index (χ1v) is 5.51. The number of hydrogen-bond donors (Lipinski definition) is 3. The molecule has 2 amide bonds. The van der Waals surface area contributed by atoms with Crippen molar-refractivity contribution < 1.29 is 18.0 Å². The first-order valence-electron chi connectivity index (χ1n) is 5.51. The molecule has 0 aliphatic heterocycles. The monoisotopic (exact) mass is 273 g/mol. The maximum Gasteiger partial charge on any atom is 0.418 e. The van der Waals surface area contributed by atoms with Gasteiger partial charge in [-0.3, -0.25) is 0 Å². The molecule has 0 heterocycles. The first-order chi connectivity index (χ1) is 8.95. The maximum absolute atomic E-state index is 12.7. The predicted octanol–water partition coefficient (Wildman–Crippen LogP) is 2.34. The van der Waals surface area contributed by atoms with E-state index in [-0.39, 0.29) is 12.2 Å². The van der Waals surface area contributed by atoms with Crippen molar-refractivity contribution in [1.82, 2.24) is 5.32 Å². The lowest BCUT2D eigenvalue weighted by Crippen LogP contribution is -2.29. The highest BCUT2D eigenvalue weighted by atomic mass is 19.4. The summed E-state index contributed by atoms with van der Waals surface area (Å²) in [6.07, 6.45) is -1.28. The molecule has 0 aliphatic carbocycles. The number of anilines is 1. The SMILES string of the molecule is NC/C=C/CNC(=O)Nc1ccccc1C(F)(F)F. The lowest BCUT2D eigenvalue weighted by Gasteiger charge is -2.13. The van der Waals surface area contributed by atoms with Gasteiger partial charge in [0.2, 0.25) is 0 Å². The second-order valence-corrected chi connectivity index (χ2v) is 3.59. The van der Waals surface area contributed by atoms with Crippen LogP contribution >= 0.6 is 0 Å². The molecule has 19 heavy (non-hydrogen) atoms. The molecule has 1 rings (SSSR count). The third kappa shape index (κ3) is 5.01. The zero-order valence-electron chi connectivity index (χ0n) is 10.00. The van der Waals surface area contributed by atoms with E-state index in [1.165, 1.54) is 18.2 Å². The molecule has 0 fully saturated rings. The number of carbonyl (C=O) groups excluding carboxylic acids is 1. The Morgan fingerprint density at radius 3 is 2.58 bits per heavy atom. The second kappa shape index (κ2) is 6.79. The largest absolute Gasteiger partial charge is 0.418 e. The van der Waals surface area contributed by atoms with E-state index in [0.717, 1.165) is 6.07 Å². The van der Waals surface area contributed by atoms with Crippen molar-refractivity contribution in [3.05, 3.63) is 42.0 Å². The Morgan fingerprint density at radius 1 is 1.26 bits per heavy atom. The van der Waals surface area contributed by atoms with Gasteiger partial charge in [-0.1, -0.05) is 24.3 Å².